The van der Waals surface area contributed by atoms with Crippen molar-refractivity contribution in [2.75, 3.05) is 11.4 Å². The quantitative estimate of drug-likeness (QED) is 0.0235. The van der Waals surface area contributed by atoms with Crippen LogP contribution in [0.25, 0.3) is 70.1 Å². The maximum absolute atomic E-state index is 12.3. The average molecular weight is 1380 g/mol. The molecule has 9 rings (SSSR count). The van der Waals surface area contributed by atoms with Crippen LogP contribution >= 0.6 is 79.8 Å². The SMILES string of the molecule is [C-]#[N+]C(=Cc1sc(-c2sc(-c3sc(-c4sc(-c5sc(-c6sc(-c7ccc8c(c7)Sc7ccccc7N8CCCCCC)cc6CCCCCC)cc5CCCCCC)cc4CCCCCC)cc3CCCCCC)cc2CCCCCC)cc1CCCCCC)C(=O)O. The van der Waals surface area contributed by atoms with Crippen molar-refractivity contribution in [3.8, 4) is 59.2 Å². The molecule has 1 aliphatic heterocycles. The Hall–Kier alpha value is -4.51. The molecule has 0 unspecified atom stereocenters. The van der Waals surface area contributed by atoms with Gasteiger partial charge in [-0.25, -0.2) is 4.85 Å². The van der Waals surface area contributed by atoms with Crippen LogP contribution in [0.3, 0.4) is 0 Å². The number of thiophene rings is 6. The van der Waals surface area contributed by atoms with Crippen molar-refractivity contribution in [3.63, 3.8) is 0 Å². The zero-order valence-electron chi connectivity index (χ0n) is 57.4. The lowest BCUT2D eigenvalue weighted by Crippen LogP contribution is -2.21. The first-order valence-corrected chi connectivity index (χ1v) is 42.1. The average Bonchev–Trinajstić information content (AvgIpc) is 1.77. The van der Waals surface area contributed by atoms with Gasteiger partial charge in [0.2, 0.25) is 0 Å². The minimum absolute atomic E-state index is 0.209. The molecule has 8 aromatic rings. The molecule has 0 bridgehead atoms. The molecule has 0 spiro atoms. The Labute approximate surface area is 589 Å². The summed E-state index contributed by atoms with van der Waals surface area (Å²) in [6.07, 6.45) is 42.3. The number of fused-ring (bicyclic) bond motifs is 2. The van der Waals surface area contributed by atoms with Gasteiger partial charge in [-0.15, -0.1) is 68.0 Å². The van der Waals surface area contributed by atoms with Crippen LogP contribution in [0.4, 0.5) is 11.4 Å². The molecule has 0 saturated carbocycles. The van der Waals surface area contributed by atoms with Crippen molar-refractivity contribution in [1.82, 2.24) is 0 Å². The molecular formula is C82H106N2O2S7. The van der Waals surface area contributed by atoms with Gasteiger partial charge in [0.1, 0.15) is 0 Å². The van der Waals surface area contributed by atoms with E-state index in [9.17, 15) is 9.90 Å². The number of nitrogens with zero attached hydrogens (tertiary/aromatic N) is 2. The lowest BCUT2D eigenvalue weighted by atomic mass is 10.0. The summed E-state index contributed by atoms with van der Waals surface area (Å²) in [7, 11) is 0. The Morgan fingerprint density at radius 1 is 0.398 bits per heavy atom. The van der Waals surface area contributed by atoms with Crippen molar-refractivity contribution in [2.24, 2.45) is 0 Å². The van der Waals surface area contributed by atoms with E-state index in [-0.39, 0.29) is 5.70 Å². The smallest absolute Gasteiger partial charge is 0.333 e. The Morgan fingerprint density at radius 2 is 0.742 bits per heavy atom. The number of rotatable bonds is 43. The predicted molar refractivity (Wildman–Crippen MR) is 417 cm³/mol. The van der Waals surface area contributed by atoms with Gasteiger partial charge in [-0.3, -0.25) is 4.79 Å². The van der Waals surface area contributed by atoms with E-state index in [4.69, 9.17) is 6.57 Å². The molecular weight excluding hydrogens is 1270 g/mol. The van der Waals surface area contributed by atoms with Gasteiger partial charge in [0.15, 0.2) is 0 Å². The van der Waals surface area contributed by atoms with Gasteiger partial charge in [0, 0.05) is 74.9 Å². The molecule has 11 heteroatoms. The van der Waals surface area contributed by atoms with Crippen LogP contribution in [0.1, 0.15) is 267 Å². The molecule has 1 N–H and O–H groups in total. The molecule has 0 aliphatic carbocycles. The van der Waals surface area contributed by atoms with E-state index in [1.165, 1.54) is 274 Å². The summed E-state index contributed by atoms with van der Waals surface area (Å²) in [6, 6.07) is 31.9. The van der Waals surface area contributed by atoms with E-state index >= 15 is 0 Å². The van der Waals surface area contributed by atoms with Crippen LogP contribution in [-0.2, 0) is 43.3 Å². The molecule has 7 heterocycles. The van der Waals surface area contributed by atoms with Crippen LogP contribution in [0.5, 0.6) is 0 Å². The Kier molecular flexibility index (Phi) is 30.1. The second-order valence-electron chi connectivity index (χ2n) is 26.1. The largest absolute Gasteiger partial charge is 0.486 e. The Morgan fingerprint density at radius 3 is 1.14 bits per heavy atom. The highest BCUT2D eigenvalue weighted by molar-refractivity contribution is 7.99. The van der Waals surface area contributed by atoms with Gasteiger partial charge < -0.3 is 10.0 Å². The van der Waals surface area contributed by atoms with Crippen molar-refractivity contribution < 1.29 is 9.90 Å². The van der Waals surface area contributed by atoms with Gasteiger partial charge in [-0.05, 0) is 189 Å². The minimum Gasteiger partial charge on any atom is -0.486 e. The summed E-state index contributed by atoms with van der Waals surface area (Å²) in [6.45, 7) is 25.0. The van der Waals surface area contributed by atoms with Crippen LogP contribution in [0.15, 0.2) is 94.4 Å². The van der Waals surface area contributed by atoms with Crippen LogP contribution in [-0.4, -0.2) is 17.6 Å². The normalized spacial score (nSPS) is 12.3. The van der Waals surface area contributed by atoms with Crippen molar-refractivity contribution in [1.29, 1.82) is 0 Å². The summed E-state index contributed by atoms with van der Waals surface area (Å²) in [4.78, 5) is 37.6. The third-order valence-corrected chi connectivity index (χ3v) is 27.6. The minimum atomic E-state index is -1.15. The monoisotopic (exact) mass is 1370 g/mol. The molecule has 498 valence electrons. The number of hydrogen-bond acceptors (Lipinski definition) is 9. The zero-order valence-corrected chi connectivity index (χ0v) is 63.2. The number of carboxylic acids is 1. The first-order valence-electron chi connectivity index (χ1n) is 36.4. The molecule has 0 atom stereocenters. The fraction of sp³-hybridized carbons (Fsp3) is 0.512. The van der Waals surface area contributed by atoms with Gasteiger partial charge in [0.25, 0.3) is 5.70 Å². The number of aryl methyl sites for hydroxylation is 6. The molecule has 0 radical (unpaired) electrons. The molecule has 1 aliphatic rings. The third-order valence-electron chi connectivity index (χ3n) is 18.6. The molecule has 2 aromatic carbocycles. The van der Waals surface area contributed by atoms with Crippen molar-refractivity contribution >= 4 is 103 Å². The number of carbonyl (C=O) groups is 1. The van der Waals surface area contributed by atoms with E-state index in [1.807, 2.05) is 34.4 Å². The molecule has 93 heavy (non-hydrogen) atoms. The third kappa shape index (κ3) is 19.8. The zero-order chi connectivity index (χ0) is 65.3. The fourth-order valence-corrected chi connectivity index (χ4v) is 22.2. The van der Waals surface area contributed by atoms with E-state index in [1.54, 1.807) is 17.4 Å². The summed E-state index contributed by atoms with van der Waals surface area (Å²) in [5.74, 6) is -1.15. The highest BCUT2D eigenvalue weighted by atomic mass is 32.2. The van der Waals surface area contributed by atoms with Crippen molar-refractivity contribution in [3.05, 3.63) is 134 Å². The topological polar surface area (TPSA) is 44.9 Å². The lowest BCUT2D eigenvalue weighted by molar-refractivity contribution is -0.132. The maximum atomic E-state index is 12.3. The Balaban J connectivity index is 1.14. The maximum Gasteiger partial charge on any atom is 0.333 e. The van der Waals surface area contributed by atoms with E-state index < -0.39 is 5.97 Å². The summed E-state index contributed by atoms with van der Waals surface area (Å²) in [5, 5.41) is 10.0. The molecule has 6 aromatic heterocycles. The number of para-hydroxylation sites is 1. The molecule has 0 saturated heterocycles. The first-order chi connectivity index (χ1) is 45.6. The molecule has 0 fully saturated rings. The lowest BCUT2D eigenvalue weighted by Gasteiger charge is -2.33. The van der Waals surface area contributed by atoms with Crippen LogP contribution in [0, 0.1) is 6.57 Å². The van der Waals surface area contributed by atoms with Crippen LogP contribution < -0.4 is 4.90 Å². The van der Waals surface area contributed by atoms with Crippen molar-refractivity contribution in [2.45, 2.75) is 277 Å². The molecule has 0 amide bonds. The van der Waals surface area contributed by atoms with E-state index in [2.05, 4.69) is 171 Å². The summed E-state index contributed by atoms with van der Waals surface area (Å²) >= 11 is 13.9. The van der Waals surface area contributed by atoms with Gasteiger partial charge in [-0.2, -0.15) is 0 Å². The van der Waals surface area contributed by atoms with Gasteiger partial charge in [-0.1, -0.05) is 213 Å². The highest BCUT2D eigenvalue weighted by Crippen LogP contribution is 2.54. The second-order valence-corrected chi connectivity index (χ2v) is 33.5. The fourth-order valence-electron chi connectivity index (χ4n) is 13.2. The molecule has 4 nitrogen and oxygen atoms in total. The number of aliphatic carboxylic acids is 1. The standard InChI is InChI=1S/C82H106N2O2S7/c1-9-16-23-30-39-58-51-72(88-70(58)57-65(83-8)82(85)86)77-61(41-32-25-18-11-3)53-74(90-77)79-63(43-34-27-20-13-5)55-76(92-79)81-64(44-35-28-21-14-6)56-75(93-81)80-62(42-33-26-19-12-4)54-73(91-80)78-60(40-31-24-17-10-2)52-69(89-78)59-47-48-67-71(50-59)87-68-46-37-36-45-66(68)84(67)49-38-29-22-15-7/h36-37,45-48,50-57H,9-35,38-44,49H2,1-7H3,(H,85,86). The van der Waals surface area contributed by atoms with Gasteiger partial charge >= 0.3 is 5.97 Å². The van der Waals surface area contributed by atoms with E-state index in [0.29, 0.717) is 0 Å². The highest BCUT2D eigenvalue weighted by Gasteiger charge is 2.28. The number of anilines is 2. The predicted octanol–water partition coefficient (Wildman–Crippen LogP) is 29.3. The Bertz CT molecular complexity index is 3680. The summed E-state index contributed by atoms with van der Waals surface area (Å²) < 4.78 is 0. The number of benzene rings is 2. The summed E-state index contributed by atoms with van der Waals surface area (Å²) in [5.41, 5.74) is 12.5. The number of unbranched alkanes of at least 4 members (excludes halogenated alkanes) is 21. The van der Waals surface area contributed by atoms with Gasteiger partial charge in [0.05, 0.1) is 17.9 Å². The van der Waals surface area contributed by atoms with Crippen LogP contribution in [0.2, 0.25) is 0 Å². The van der Waals surface area contributed by atoms with E-state index in [0.717, 1.165) is 69.2 Å². The number of hydrogen-bond donors (Lipinski definition) is 1. The second kappa shape index (κ2) is 38.4. The number of carboxylic acid groups (broad SMARTS) is 1. The first kappa shape index (κ1) is 72.8.